The molecular formula is C19H30N2O. The predicted molar refractivity (Wildman–Crippen MR) is 91.3 cm³/mol. The number of benzene rings is 1. The molecule has 0 aromatic heterocycles. The average molecular weight is 302 g/mol. The van der Waals surface area contributed by atoms with Crippen LogP contribution in [0.5, 0.6) is 5.75 Å². The zero-order chi connectivity index (χ0) is 15.4. The summed E-state index contributed by atoms with van der Waals surface area (Å²) in [5.41, 5.74) is 1.31. The maximum Gasteiger partial charge on any atom is 0.123 e. The van der Waals surface area contributed by atoms with Gasteiger partial charge in [0.25, 0.3) is 0 Å². The van der Waals surface area contributed by atoms with E-state index in [2.05, 4.69) is 34.9 Å². The summed E-state index contributed by atoms with van der Waals surface area (Å²) < 4.78 is 5.48. The van der Waals surface area contributed by atoms with Crippen molar-refractivity contribution in [3.8, 4) is 5.75 Å². The zero-order valence-corrected chi connectivity index (χ0v) is 14.1. The van der Waals surface area contributed by atoms with Crippen LogP contribution in [-0.2, 0) is 6.54 Å². The number of para-hydroxylation sites is 1. The molecular weight excluding hydrogens is 272 g/mol. The van der Waals surface area contributed by atoms with E-state index < -0.39 is 0 Å². The van der Waals surface area contributed by atoms with E-state index in [9.17, 15) is 0 Å². The molecule has 1 heterocycles. The number of rotatable bonds is 4. The van der Waals surface area contributed by atoms with Crippen LogP contribution in [0.3, 0.4) is 0 Å². The molecule has 1 saturated heterocycles. The molecule has 2 aliphatic rings. The molecule has 0 amide bonds. The van der Waals surface area contributed by atoms with E-state index >= 15 is 0 Å². The lowest BCUT2D eigenvalue weighted by atomic mass is 9.86. The van der Waals surface area contributed by atoms with Gasteiger partial charge in [-0.25, -0.2) is 0 Å². The number of hydrogen-bond donors (Lipinski definition) is 0. The van der Waals surface area contributed by atoms with Crippen molar-refractivity contribution in [3.63, 3.8) is 0 Å². The van der Waals surface area contributed by atoms with Crippen molar-refractivity contribution in [2.24, 2.45) is 5.92 Å². The molecule has 0 bridgehead atoms. The Kier molecular flexibility index (Phi) is 5.37. The van der Waals surface area contributed by atoms with E-state index in [0.717, 1.165) is 24.3 Å². The van der Waals surface area contributed by atoms with E-state index in [1.807, 2.05) is 6.07 Å². The normalized spacial score (nSPS) is 27.7. The van der Waals surface area contributed by atoms with Crippen LogP contribution in [0.2, 0.25) is 0 Å². The highest BCUT2D eigenvalue weighted by atomic mass is 16.5. The fourth-order valence-electron chi connectivity index (χ4n) is 3.97. The van der Waals surface area contributed by atoms with E-state index in [1.165, 1.54) is 57.4 Å². The topological polar surface area (TPSA) is 15.7 Å². The van der Waals surface area contributed by atoms with Gasteiger partial charge in [-0.15, -0.1) is 0 Å². The van der Waals surface area contributed by atoms with Gasteiger partial charge in [-0.3, -0.25) is 9.80 Å². The molecule has 3 heteroatoms. The summed E-state index contributed by atoms with van der Waals surface area (Å²) in [5, 5.41) is 0. The monoisotopic (exact) mass is 302 g/mol. The van der Waals surface area contributed by atoms with Crippen molar-refractivity contribution < 1.29 is 4.74 Å². The maximum absolute atomic E-state index is 5.48. The fraction of sp³-hybridized carbons (Fsp3) is 0.684. The largest absolute Gasteiger partial charge is 0.496 e. The molecule has 3 rings (SSSR count). The van der Waals surface area contributed by atoms with Crippen LogP contribution in [0.4, 0.5) is 0 Å². The second-order valence-electron chi connectivity index (χ2n) is 7.04. The van der Waals surface area contributed by atoms with Crippen LogP contribution in [0.15, 0.2) is 24.3 Å². The molecule has 0 atom stereocenters. The molecule has 3 nitrogen and oxygen atoms in total. The van der Waals surface area contributed by atoms with Gasteiger partial charge in [-0.1, -0.05) is 25.1 Å². The summed E-state index contributed by atoms with van der Waals surface area (Å²) in [4.78, 5) is 5.31. The number of nitrogens with zero attached hydrogens (tertiary/aromatic N) is 2. The second-order valence-corrected chi connectivity index (χ2v) is 7.04. The van der Waals surface area contributed by atoms with Gasteiger partial charge in [0.1, 0.15) is 5.75 Å². The molecule has 2 fully saturated rings. The quantitative estimate of drug-likeness (QED) is 0.848. The highest BCUT2D eigenvalue weighted by molar-refractivity contribution is 5.33. The van der Waals surface area contributed by atoms with Gasteiger partial charge in [0.15, 0.2) is 0 Å². The Morgan fingerprint density at radius 2 is 1.68 bits per heavy atom. The standard InChI is InChI=1S/C19H30N2O/c1-16-7-9-18(10-8-16)21-13-11-20(12-14-21)15-17-5-3-4-6-19(17)22-2/h3-6,16,18H,7-15H2,1-2H3. The van der Waals surface area contributed by atoms with Gasteiger partial charge in [-0.05, 0) is 37.7 Å². The van der Waals surface area contributed by atoms with Crippen molar-refractivity contribution in [3.05, 3.63) is 29.8 Å². The molecule has 0 unspecified atom stereocenters. The summed E-state index contributed by atoms with van der Waals surface area (Å²) in [7, 11) is 1.76. The maximum atomic E-state index is 5.48. The lowest BCUT2D eigenvalue weighted by Gasteiger charge is -2.41. The molecule has 1 saturated carbocycles. The summed E-state index contributed by atoms with van der Waals surface area (Å²) in [6, 6.07) is 9.26. The van der Waals surface area contributed by atoms with Gasteiger partial charge < -0.3 is 4.74 Å². The summed E-state index contributed by atoms with van der Waals surface area (Å²) in [6.07, 6.45) is 5.67. The highest BCUT2D eigenvalue weighted by Gasteiger charge is 2.27. The van der Waals surface area contributed by atoms with Crippen molar-refractivity contribution in [1.82, 2.24) is 9.80 Å². The Bertz CT molecular complexity index is 460. The average Bonchev–Trinajstić information content (AvgIpc) is 2.57. The summed E-state index contributed by atoms with van der Waals surface area (Å²) in [6.45, 7) is 8.25. The first kappa shape index (κ1) is 15.8. The third-order valence-corrected chi connectivity index (χ3v) is 5.50. The molecule has 0 N–H and O–H groups in total. The highest BCUT2D eigenvalue weighted by Crippen LogP contribution is 2.28. The minimum absolute atomic E-state index is 0.851. The lowest BCUT2D eigenvalue weighted by molar-refractivity contribution is 0.0686. The number of ether oxygens (including phenoxy) is 1. The Morgan fingerprint density at radius 1 is 1.00 bits per heavy atom. The lowest BCUT2D eigenvalue weighted by Crippen LogP contribution is -2.50. The summed E-state index contributed by atoms with van der Waals surface area (Å²) >= 11 is 0. The van der Waals surface area contributed by atoms with E-state index in [1.54, 1.807) is 7.11 Å². The van der Waals surface area contributed by atoms with Crippen LogP contribution in [0.25, 0.3) is 0 Å². The first-order chi connectivity index (χ1) is 10.8. The minimum Gasteiger partial charge on any atom is -0.496 e. The van der Waals surface area contributed by atoms with Crippen molar-refractivity contribution >= 4 is 0 Å². The predicted octanol–water partition coefficient (Wildman–Crippen LogP) is 3.39. The van der Waals surface area contributed by atoms with E-state index in [0.29, 0.717) is 0 Å². The number of methoxy groups -OCH3 is 1. The Hall–Kier alpha value is -1.06. The Labute approximate surface area is 135 Å². The van der Waals surface area contributed by atoms with Gasteiger partial charge in [0.05, 0.1) is 7.11 Å². The fourth-order valence-corrected chi connectivity index (χ4v) is 3.97. The van der Waals surface area contributed by atoms with Crippen LogP contribution >= 0.6 is 0 Å². The number of piperazine rings is 1. The third-order valence-electron chi connectivity index (χ3n) is 5.50. The van der Waals surface area contributed by atoms with Crippen LogP contribution in [-0.4, -0.2) is 49.1 Å². The molecule has 0 radical (unpaired) electrons. The second kappa shape index (κ2) is 7.47. The SMILES string of the molecule is COc1ccccc1CN1CCN(C2CCC(C)CC2)CC1. The summed E-state index contributed by atoms with van der Waals surface area (Å²) in [5.74, 6) is 1.97. The molecule has 22 heavy (non-hydrogen) atoms. The van der Waals surface area contributed by atoms with Gasteiger partial charge in [0.2, 0.25) is 0 Å². The van der Waals surface area contributed by atoms with Gasteiger partial charge in [-0.2, -0.15) is 0 Å². The smallest absolute Gasteiger partial charge is 0.123 e. The molecule has 1 aromatic rings. The van der Waals surface area contributed by atoms with E-state index in [-0.39, 0.29) is 0 Å². The first-order valence-corrected chi connectivity index (χ1v) is 8.84. The Balaban J connectivity index is 1.49. The van der Waals surface area contributed by atoms with Crippen molar-refractivity contribution in [1.29, 1.82) is 0 Å². The number of hydrogen-bond acceptors (Lipinski definition) is 3. The van der Waals surface area contributed by atoms with Gasteiger partial charge in [0, 0.05) is 44.3 Å². The van der Waals surface area contributed by atoms with Crippen molar-refractivity contribution in [2.75, 3.05) is 33.3 Å². The molecule has 0 spiro atoms. The molecule has 122 valence electrons. The Morgan fingerprint density at radius 3 is 2.36 bits per heavy atom. The molecule has 1 aliphatic carbocycles. The van der Waals surface area contributed by atoms with Gasteiger partial charge >= 0.3 is 0 Å². The van der Waals surface area contributed by atoms with Crippen LogP contribution in [0, 0.1) is 5.92 Å². The van der Waals surface area contributed by atoms with Crippen molar-refractivity contribution in [2.45, 2.75) is 45.2 Å². The molecule has 1 aromatic carbocycles. The first-order valence-electron chi connectivity index (χ1n) is 8.84. The van der Waals surface area contributed by atoms with Crippen LogP contribution in [0.1, 0.15) is 38.2 Å². The van der Waals surface area contributed by atoms with Crippen LogP contribution < -0.4 is 4.74 Å². The molecule has 1 aliphatic heterocycles. The minimum atomic E-state index is 0.851. The third kappa shape index (κ3) is 3.82. The van der Waals surface area contributed by atoms with E-state index in [4.69, 9.17) is 4.74 Å². The zero-order valence-electron chi connectivity index (χ0n) is 14.1.